The van der Waals surface area contributed by atoms with E-state index in [1.165, 1.54) is 12.1 Å². The molecule has 1 heterocycles. The number of hydrogen-bond donors (Lipinski definition) is 2. The molecule has 2 amide bonds. The summed E-state index contributed by atoms with van der Waals surface area (Å²) in [6.07, 6.45) is 1.71. The zero-order valence-electron chi connectivity index (χ0n) is 12.8. The van der Waals surface area contributed by atoms with Crippen LogP contribution in [0.25, 0.3) is 0 Å². The maximum absolute atomic E-state index is 13.3. The van der Waals surface area contributed by atoms with Crippen molar-refractivity contribution in [3.05, 3.63) is 29.0 Å². The summed E-state index contributed by atoms with van der Waals surface area (Å²) in [6, 6.07) is 3.79. The van der Waals surface area contributed by atoms with Gasteiger partial charge in [0.25, 0.3) is 0 Å². The molecule has 22 heavy (non-hydrogen) atoms. The van der Waals surface area contributed by atoms with Crippen LogP contribution in [-0.4, -0.2) is 50.3 Å². The molecule has 1 saturated heterocycles. The summed E-state index contributed by atoms with van der Waals surface area (Å²) in [7, 11) is 4.00. The first-order chi connectivity index (χ1) is 10.4. The van der Waals surface area contributed by atoms with Gasteiger partial charge in [0.1, 0.15) is 5.82 Å². The van der Waals surface area contributed by atoms with Crippen LogP contribution in [0.3, 0.4) is 0 Å². The van der Waals surface area contributed by atoms with E-state index in [1.807, 2.05) is 14.1 Å². The third-order valence-corrected chi connectivity index (χ3v) is 4.43. The van der Waals surface area contributed by atoms with Gasteiger partial charge < -0.3 is 20.3 Å². The number of nitrogens with zero attached hydrogens (tertiary/aromatic N) is 1. The molecule has 122 valence electrons. The Morgan fingerprint density at radius 3 is 2.68 bits per heavy atom. The van der Waals surface area contributed by atoms with Crippen molar-refractivity contribution >= 4 is 23.3 Å². The number of hydrogen-bond acceptors (Lipinski definition) is 3. The third-order valence-electron chi connectivity index (χ3n) is 4.13. The third kappa shape index (κ3) is 4.09. The topological polar surface area (TPSA) is 53.6 Å². The molecule has 1 aromatic carbocycles. The smallest absolute Gasteiger partial charge is 0.319 e. The summed E-state index contributed by atoms with van der Waals surface area (Å²) in [5, 5.41) is 5.49. The molecule has 0 saturated carbocycles. The molecular weight excluding hydrogens is 309 g/mol. The number of rotatable bonds is 4. The number of anilines is 1. The van der Waals surface area contributed by atoms with Crippen LogP contribution in [0.2, 0.25) is 5.02 Å². The molecule has 0 radical (unpaired) electrons. The number of urea groups is 1. The lowest BCUT2D eigenvalue weighted by Gasteiger charge is -2.42. The predicted octanol–water partition coefficient (Wildman–Crippen LogP) is 2.71. The van der Waals surface area contributed by atoms with Gasteiger partial charge in [0.05, 0.1) is 5.02 Å². The van der Waals surface area contributed by atoms with Crippen molar-refractivity contribution in [3.63, 3.8) is 0 Å². The van der Waals surface area contributed by atoms with Gasteiger partial charge in [-0.05, 0) is 45.1 Å². The van der Waals surface area contributed by atoms with Crippen LogP contribution < -0.4 is 10.6 Å². The molecular formula is C15H21ClFN3O2. The normalized spacial score (nSPS) is 17.3. The largest absolute Gasteiger partial charge is 0.381 e. The van der Waals surface area contributed by atoms with E-state index >= 15 is 0 Å². The van der Waals surface area contributed by atoms with E-state index in [9.17, 15) is 9.18 Å². The minimum atomic E-state index is -0.561. The van der Waals surface area contributed by atoms with E-state index in [4.69, 9.17) is 16.3 Å². The Morgan fingerprint density at radius 1 is 1.41 bits per heavy atom. The van der Waals surface area contributed by atoms with Crippen LogP contribution in [0, 0.1) is 5.82 Å². The highest BCUT2D eigenvalue weighted by atomic mass is 35.5. The van der Waals surface area contributed by atoms with Crippen molar-refractivity contribution in [1.82, 2.24) is 10.2 Å². The molecule has 1 aliphatic heterocycles. The standard InChI is InChI=1S/C15H21ClFN3O2/c1-20(2)15(5-7-22-8-6-15)10-18-14(21)19-11-3-4-12(16)13(17)9-11/h3-4,9H,5-8,10H2,1-2H3,(H2,18,19,21). The lowest BCUT2D eigenvalue weighted by molar-refractivity contribution is -0.00553. The lowest BCUT2D eigenvalue weighted by atomic mass is 9.88. The second-order valence-electron chi connectivity index (χ2n) is 5.67. The number of halogens is 2. The maximum atomic E-state index is 13.3. The van der Waals surface area contributed by atoms with Gasteiger partial charge in [0.2, 0.25) is 0 Å². The molecule has 0 atom stereocenters. The zero-order valence-corrected chi connectivity index (χ0v) is 13.5. The Labute approximate surface area is 134 Å². The van der Waals surface area contributed by atoms with Crippen molar-refractivity contribution in [2.45, 2.75) is 18.4 Å². The predicted molar refractivity (Wildman–Crippen MR) is 84.9 cm³/mol. The van der Waals surface area contributed by atoms with Gasteiger partial charge in [-0.3, -0.25) is 0 Å². The second-order valence-corrected chi connectivity index (χ2v) is 6.07. The summed E-state index contributed by atoms with van der Waals surface area (Å²) < 4.78 is 18.7. The number of nitrogens with one attached hydrogen (secondary N) is 2. The van der Waals surface area contributed by atoms with Gasteiger partial charge in [-0.2, -0.15) is 0 Å². The van der Waals surface area contributed by atoms with Gasteiger partial charge >= 0.3 is 6.03 Å². The van der Waals surface area contributed by atoms with E-state index in [-0.39, 0.29) is 16.6 Å². The van der Waals surface area contributed by atoms with Crippen LogP contribution in [0.4, 0.5) is 14.9 Å². The van der Waals surface area contributed by atoms with Crippen LogP contribution in [0.15, 0.2) is 18.2 Å². The number of carbonyl (C=O) groups is 1. The quantitative estimate of drug-likeness (QED) is 0.893. The molecule has 2 N–H and O–H groups in total. The van der Waals surface area contributed by atoms with Crippen molar-refractivity contribution in [2.24, 2.45) is 0 Å². The molecule has 5 nitrogen and oxygen atoms in total. The van der Waals surface area contributed by atoms with E-state index in [0.29, 0.717) is 25.4 Å². The lowest BCUT2D eigenvalue weighted by Crippen LogP contribution is -2.56. The highest BCUT2D eigenvalue weighted by molar-refractivity contribution is 6.30. The van der Waals surface area contributed by atoms with Crippen LogP contribution >= 0.6 is 11.6 Å². The maximum Gasteiger partial charge on any atom is 0.319 e. The average molecular weight is 330 g/mol. The molecule has 0 spiro atoms. The van der Waals surface area contributed by atoms with Gasteiger partial charge in [-0.1, -0.05) is 11.6 Å². The Balaban J connectivity index is 1.92. The van der Waals surface area contributed by atoms with Gasteiger partial charge in [-0.15, -0.1) is 0 Å². The van der Waals surface area contributed by atoms with Crippen LogP contribution in [0.1, 0.15) is 12.8 Å². The highest BCUT2D eigenvalue weighted by Crippen LogP contribution is 2.25. The summed E-state index contributed by atoms with van der Waals surface area (Å²) in [6.45, 7) is 1.87. The van der Waals surface area contributed by atoms with Crippen molar-refractivity contribution in [3.8, 4) is 0 Å². The number of likely N-dealkylation sites (N-methyl/N-ethyl adjacent to an activating group) is 1. The molecule has 2 rings (SSSR count). The molecule has 1 aliphatic rings. The minimum absolute atomic E-state index is 0.0275. The molecule has 0 bridgehead atoms. The summed E-state index contributed by atoms with van der Waals surface area (Å²) >= 11 is 5.61. The van der Waals surface area contributed by atoms with Crippen LogP contribution in [0.5, 0.6) is 0 Å². The Bertz CT molecular complexity index is 534. The van der Waals surface area contributed by atoms with Gasteiger partial charge in [0, 0.05) is 31.0 Å². The molecule has 0 aromatic heterocycles. The summed E-state index contributed by atoms with van der Waals surface area (Å²) in [5.74, 6) is -0.561. The number of benzene rings is 1. The molecule has 0 aliphatic carbocycles. The van der Waals surface area contributed by atoms with E-state index in [0.717, 1.165) is 12.8 Å². The van der Waals surface area contributed by atoms with Crippen molar-refractivity contribution < 1.29 is 13.9 Å². The molecule has 0 unspecified atom stereocenters. The van der Waals surface area contributed by atoms with Crippen molar-refractivity contribution in [2.75, 3.05) is 39.2 Å². The Morgan fingerprint density at radius 2 is 2.09 bits per heavy atom. The fourth-order valence-corrected chi connectivity index (χ4v) is 2.64. The fraction of sp³-hybridized carbons (Fsp3) is 0.533. The summed E-state index contributed by atoms with van der Waals surface area (Å²) in [5.41, 5.74) is 0.256. The monoisotopic (exact) mass is 329 g/mol. The molecule has 1 aromatic rings. The number of carbonyl (C=O) groups excluding carboxylic acids is 1. The molecule has 7 heteroatoms. The fourth-order valence-electron chi connectivity index (χ4n) is 2.53. The van der Waals surface area contributed by atoms with Gasteiger partial charge in [0.15, 0.2) is 0 Å². The van der Waals surface area contributed by atoms with Gasteiger partial charge in [-0.25, -0.2) is 9.18 Å². The first-order valence-corrected chi connectivity index (χ1v) is 7.56. The van der Waals surface area contributed by atoms with Crippen molar-refractivity contribution in [1.29, 1.82) is 0 Å². The van der Waals surface area contributed by atoms with E-state index in [1.54, 1.807) is 6.07 Å². The van der Waals surface area contributed by atoms with Crippen LogP contribution in [-0.2, 0) is 4.74 Å². The Kier molecular flexibility index (Phi) is 5.61. The van der Waals surface area contributed by atoms with E-state index < -0.39 is 5.82 Å². The second kappa shape index (κ2) is 7.26. The van der Waals surface area contributed by atoms with E-state index in [2.05, 4.69) is 15.5 Å². The highest BCUT2D eigenvalue weighted by Gasteiger charge is 2.35. The number of amides is 2. The SMILES string of the molecule is CN(C)C1(CNC(=O)Nc2ccc(Cl)c(F)c2)CCOCC1. The molecule has 1 fully saturated rings. The first kappa shape index (κ1) is 17.0. The first-order valence-electron chi connectivity index (χ1n) is 7.18. The number of ether oxygens (including phenoxy) is 1. The summed E-state index contributed by atoms with van der Waals surface area (Å²) in [4.78, 5) is 14.1. The zero-order chi connectivity index (χ0) is 16.2. The minimum Gasteiger partial charge on any atom is -0.381 e. The average Bonchev–Trinajstić information content (AvgIpc) is 2.50. The Hall–Kier alpha value is -1.37.